The number of carbonyl (C=O) groups is 1. The van der Waals surface area contributed by atoms with Crippen LogP contribution < -0.4 is 5.73 Å². The maximum atomic E-state index is 10.8. The molecular weight excluding hydrogens is 134 g/mol. The Bertz CT molecular complexity index is 205. The number of ketones is 1. The number of hydrogen-bond donors (Lipinski definition) is 2. The highest BCUT2D eigenvalue weighted by Crippen LogP contribution is 1.89. The van der Waals surface area contributed by atoms with Crippen molar-refractivity contribution in [3.05, 3.63) is 5.82 Å². The van der Waals surface area contributed by atoms with E-state index in [9.17, 15) is 4.79 Å². The number of H-pyrrole nitrogens is 1. The number of nitrogens with one attached hydrogen (secondary N) is 1. The second kappa shape index (κ2) is 3.02. The van der Waals surface area contributed by atoms with E-state index in [4.69, 9.17) is 5.73 Å². The van der Waals surface area contributed by atoms with Crippen molar-refractivity contribution in [1.82, 2.24) is 20.6 Å². The third-order valence-electron chi connectivity index (χ3n) is 0.966. The fourth-order valence-corrected chi connectivity index (χ4v) is 0.523. The number of tetrazole rings is 1. The molecule has 1 rings (SSSR count). The van der Waals surface area contributed by atoms with Crippen LogP contribution in [0.3, 0.4) is 0 Å². The normalized spacial score (nSPS) is 9.70. The van der Waals surface area contributed by atoms with Crippen LogP contribution in [0.5, 0.6) is 0 Å². The van der Waals surface area contributed by atoms with E-state index in [1.807, 2.05) is 0 Å². The molecule has 0 bridgehead atoms. The maximum Gasteiger partial charge on any atom is 0.240 e. The lowest BCUT2D eigenvalue weighted by Crippen LogP contribution is -2.09. The van der Waals surface area contributed by atoms with Crippen LogP contribution in [0, 0.1) is 0 Å². The monoisotopic (exact) mass is 141 g/mol. The summed E-state index contributed by atoms with van der Waals surface area (Å²) in [5.41, 5.74) is 5.13. The molecular formula is C4H7N5O. The summed E-state index contributed by atoms with van der Waals surface area (Å²) in [6.45, 7) is 0.313. The Balaban J connectivity index is 2.59. The van der Waals surface area contributed by atoms with Gasteiger partial charge in [-0.2, -0.15) is 5.21 Å². The highest BCUT2D eigenvalue weighted by molar-refractivity contribution is 5.92. The number of carbonyl (C=O) groups excluding carboxylic acids is 1. The van der Waals surface area contributed by atoms with E-state index in [0.717, 1.165) is 0 Å². The van der Waals surface area contributed by atoms with E-state index in [1.165, 1.54) is 0 Å². The van der Waals surface area contributed by atoms with Crippen molar-refractivity contribution in [2.75, 3.05) is 6.54 Å². The van der Waals surface area contributed by atoms with E-state index >= 15 is 0 Å². The molecule has 0 aliphatic heterocycles. The van der Waals surface area contributed by atoms with Crippen molar-refractivity contribution in [3.63, 3.8) is 0 Å². The van der Waals surface area contributed by atoms with Crippen molar-refractivity contribution in [2.45, 2.75) is 6.42 Å². The number of nitrogens with two attached hydrogens (primary N) is 1. The summed E-state index contributed by atoms with van der Waals surface area (Å²) in [5, 5.41) is 12.4. The zero-order valence-electron chi connectivity index (χ0n) is 5.24. The Morgan fingerprint density at radius 2 is 2.50 bits per heavy atom. The molecule has 10 heavy (non-hydrogen) atoms. The molecule has 0 aliphatic carbocycles. The van der Waals surface area contributed by atoms with Crippen molar-refractivity contribution in [3.8, 4) is 0 Å². The molecule has 0 saturated heterocycles. The summed E-state index contributed by atoms with van der Waals surface area (Å²) in [5.74, 6) is -0.0818. The van der Waals surface area contributed by atoms with E-state index in [1.54, 1.807) is 0 Å². The first-order valence-corrected chi connectivity index (χ1v) is 2.81. The topological polar surface area (TPSA) is 97.5 Å². The van der Waals surface area contributed by atoms with E-state index in [0.29, 0.717) is 6.54 Å². The van der Waals surface area contributed by atoms with E-state index in [-0.39, 0.29) is 18.0 Å². The first-order chi connectivity index (χ1) is 4.84. The molecule has 0 fully saturated rings. The van der Waals surface area contributed by atoms with Gasteiger partial charge in [0.1, 0.15) is 0 Å². The predicted octanol–water partition coefficient (Wildman–Crippen LogP) is -1.27. The summed E-state index contributed by atoms with van der Waals surface area (Å²) in [4.78, 5) is 10.8. The third-order valence-corrected chi connectivity index (χ3v) is 0.966. The number of rotatable bonds is 3. The largest absolute Gasteiger partial charge is 0.330 e. The average Bonchev–Trinajstić information content (AvgIpc) is 2.38. The molecule has 0 amide bonds. The number of aromatic amines is 1. The van der Waals surface area contributed by atoms with Gasteiger partial charge in [0.15, 0.2) is 0 Å². The number of aromatic nitrogens is 4. The third kappa shape index (κ3) is 1.35. The van der Waals surface area contributed by atoms with Gasteiger partial charge in [-0.25, -0.2) is 0 Å². The molecule has 6 nitrogen and oxygen atoms in total. The van der Waals surface area contributed by atoms with Crippen molar-refractivity contribution >= 4 is 5.78 Å². The number of nitrogens with zero attached hydrogens (tertiary/aromatic N) is 3. The molecule has 0 radical (unpaired) electrons. The molecule has 54 valence electrons. The Kier molecular flexibility index (Phi) is 2.06. The SMILES string of the molecule is NCCC(=O)c1nn[nH]n1. The molecule has 1 aromatic rings. The Hall–Kier alpha value is -1.30. The molecule has 3 N–H and O–H groups in total. The predicted molar refractivity (Wildman–Crippen MR) is 32.2 cm³/mol. The molecule has 0 atom stereocenters. The van der Waals surface area contributed by atoms with Crippen LogP contribution in [-0.2, 0) is 0 Å². The Labute approximate surface area is 56.8 Å². The van der Waals surface area contributed by atoms with Gasteiger partial charge in [-0.3, -0.25) is 4.79 Å². The molecule has 1 heterocycles. The van der Waals surface area contributed by atoms with Crippen LogP contribution in [0.15, 0.2) is 0 Å². The zero-order chi connectivity index (χ0) is 7.40. The van der Waals surface area contributed by atoms with Crippen LogP contribution >= 0.6 is 0 Å². The molecule has 0 aliphatic rings. The highest BCUT2D eigenvalue weighted by Gasteiger charge is 2.07. The summed E-state index contributed by atoms with van der Waals surface area (Å²) in [6, 6.07) is 0. The summed E-state index contributed by atoms with van der Waals surface area (Å²) >= 11 is 0. The fourth-order valence-electron chi connectivity index (χ4n) is 0.523. The standard InChI is InChI=1S/C4H7N5O/c5-2-1-3(10)4-6-8-9-7-4/h1-2,5H2,(H,6,7,8,9). The minimum atomic E-state index is -0.184. The van der Waals surface area contributed by atoms with Gasteiger partial charge in [-0.1, -0.05) is 0 Å². The van der Waals surface area contributed by atoms with Gasteiger partial charge in [0.2, 0.25) is 11.6 Å². The molecule has 0 saturated carbocycles. The first kappa shape index (κ1) is 6.81. The Morgan fingerprint density at radius 3 is 3.00 bits per heavy atom. The lowest BCUT2D eigenvalue weighted by atomic mass is 10.3. The van der Waals surface area contributed by atoms with Crippen LogP contribution in [0.1, 0.15) is 17.0 Å². The van der Waals surface area contributed by atoms with Gasteiger partial charge in [-0.15, -0.1) is 10.2 Å². The van der Waals surface area contributed by atoms with Crippen molar-refractivity contribution < 1.29 is 4.79 Å². The number of Topliss-reactive ketones (excluding diaryl/α,β-unsaturated/α-hetero) is 1. The van der Waals surface area contributed by atoms with Crippen LogP contribution in [-0.4, -0.2) is 33.0 Å². The second-order valence-electron chi connectivity index (χ2n) is 1.70. The molecule has 6 heteroatoms. The molecule has 0 spiro atoms. The van der Waals surface area contributed by atoms with Crippen molar-refractivity contribution in [2.24, 2.45) is 5.73 Å². The van der Waals surface area contributed by atoms with Gasteiger partial charge in [0.05, 0.1) is 0 Å². The van der Waals surface area contributed by atoms with Gasteiger partial charge >= 0.3 is 0 Å². The van der Waals surface area contributed by atoms with E-state index < -0.39 is 0 Å². The summed E-state index contributed by atoms with van der Waals surface area (Å²) in [6.07, 6.45) is 0.263. The van der Waals surface area contributed by atoms with E-state index in [2.05, 4.69) is 20.6 Å². The molecule has 1 aromatic heterocycles. The lowest BCUT2D eigenvalue weighted by Gasteiger charge is -1.87. The second-order valence-corrected chi connectivity index (χ2v) is 1.70. The van der Waals surface area contributed by atoms with Gasteiger partial charge in [-0.05, 0) is 11.8 Å². The highest BCUT2D eigenvalue weighted by atomic mass is 16.1. The molecule has 0 unspecified atom stereocenters. The minimum Gasteiger partial charge on any atom is -0.330 e. The average molecular weight is 141 g/mol. The maximum absolute atomic E-state index is 10.8. The summed E-state index contributed by atoms with van der Waals surface area (Å²) in [7, 11) is 0. The first-order valence-electron chi connectivity index (χ1n) is 2.81. The van der Waals surface area contributed by atoms with Crippen LogP contribution in [0.2, 0.25) is 0 Å². The zero-order valence-corrected chi connectivity index (χ0v) is 5.24. The van der Waals surface area contributed by atoms with Gasteiger partial charge in [0.25, 0.3) is 0 Å². The fraction of sp³-hybridized carbons (Fsp3) is 0.500. The number of hydrogen-bond acceptors (Lipinski definition) is 5. The Morgan fingerprint density at radius 1 is 1.70 bits per heavy atom. The lowest BCUT2D eigenvalue weighted by molar-refractivity contribution is 0.0975. The quantitative estimate of drug-likeness (QED) is 0.511. The summed E-state index contributed by atoms with van der Waals surface area (Å²) < 4.78 is 0. The smallest absolute Gasteiger partial charge is 0.240 e. The van der Waals surface area contributed by atoms with Gasteiger partial charge in [0, 0.05) is 6.42 Å². The van der Waals surface area contributed by atoms with Crippen LogP contribution in [0.4, 0.5) is 0 Å². The molecule has 0 aromatic carbocycles. The van der Waals surface area contributed by atoms with Crippen molar-refractivity contribution in [1.29, 1.82) is 0 Å². The van der Waals surface area contributed by atoms with Crippen LogP contribution in [0.25, 0.3) is 0 Å². The van der Waals surface area contributed by atoms with Gasteiger partial charge < -0.3 is 5.73 Å². The minimum absolute atomic E-state index is 0.102.